The molecule has 0 aliphatic carbocycles. The van der Waals surface area contributed by atoms with Crippen LogP contribution in [0.2, 0.25) is 0 Å². The van der Waals surface area contributed by atoms with Crippen LogP contribution in [-0.4, -0.2) is 18.0 Å². The summed E-state index contributed by atoms with van der Waals surface area (Å²) >= 11 is 0. The maximum absolute atomic E-state index is 11.7. The van der Waals surface area contributed by atoms with Crippen molar-refractivity contribution in [3.63, 3.8) is 0 Å². The second kappa shape index (κ2) is 5.18. The van der Waals surface area contributed by atoms with E-state index in [1.807, 2.05) is 27.7 Å². The fraction of sp³-hybridized carbons (Fsp3) is 0.727. The zero-order valence-corrected chi connectivity index (χ0v) is 9.14. The van der Waals surface area contributed by atoms with E-state index in [1.54, 1.807) is 0 Å². The van der Waals surface area contributed by atoms with Crippen molar-refractivity contribution in [2.24, 2.45) is 0 Å². The Morgan fingerprint density at radius 2 is 2.00 bits per heavy atom. The van der Waals surface area contributed by atoms with Gasteiger partial charge >= 0.3 is 0 Å². The molecule has 0 amide bonds. The summed E-state index contributed by atoms with van der Waals surface area (Å²) in [5.41, 5.74) is 0.276. The molecule has 0 aliphatic rings. The number of hydrogen-bond donors (Lipinski definition) is 0. The molecule has 0 aromatic heterocycles. The highest BCUT2D eigenvalue weighted by molar-refractivity contribution is 5.88. The highest BCUT2D eigenvalue weighted by Gasteiger charge is 2.30. The van der Waals surface area contributed by atoms with Gasteiger partial charge in [0.25, 0.3) is 0 Å². The summed E-state index contributed by atoms with van der Waals surface area (Å²) in [6.45, 7) is 11.9. The van der Waals surface area contributed by atoms with Crippen molar-refractivity contribution in [1.29, 1.82) is 0 Å². The van der Waals surface area contributed by atoms with Crippen LogP contribution in [0.3, 0.4) is 0 Å². The first kappa shape index (κ1) is 12.4. The van der Waals surface area contributed by atoms with Gasteiger partial charge in [-0.1, -0.05) is 19.1 Å². The van der Waals surface area contributed by atoms with Crippen LogP contribution in [-0.2, 0) is 9.53 Å². The number of Topliss-reactive ketones (excluding diaryl/α,β-unsaturated/α-hetero) is 1. The van der Waals surface area contributed by atoms with Crippen molar-refractivity contribution in [3.05, 3.63) is 12.2 Å². The first-order valence-corrected chi connectivity index (χ1v) is 4.78. The minimum absolute atomic E-state index is 0.129. The van der Waals surface area contributed by atoms with E-state index < -0.39 is 5.60 Å². The number of ether oxygens (including phenoxy) is 1. The van der Waals surface area contributed by atoms with E-state index in [-0.39, 0.29) is 5.78 Å². The molecule has 0 radical (unpaired) electrons. The first-order valence-electron chi connectivity index (χ1n) is 4.78. The Hall–Kier alpha value is -0.630. The molecule has 13 heavy (non-hydrogen) atoms. The third-order valence-corrected chi connectivity index (χ3v) is 2.19. The lowest BCUT2D eigenvalue weighted by Gasteiger charge is -2.26. The fourth-order valence-electron chi connectivity index (χ4n) is 1.16. The van der Waals surface area contributed by atoms with Gasteiger partial charge in [0.1, 0.15) is 5.60 Å². The monoisotopic (exact) mass is 184 g/mol. The summed E-state index contributed by atoms with van der Waals surface area (Å²) in [6.07, 6.45) is 1.14. The maximum atomic E-state index is 11.7. The lowest BCUT2D eigenvalue weighted by Crippen LogP contribution is -2.37. The van der Waals surface area contributed by atoms with Gasteiger partial charge < -0.3 is 4.74 Å². The molecule has 2 nitrogen and oxygen atoms in total. The van der Waals surface area contributed by atoms with E-state index in [9.17, 15) is 4.79 Å². The summed E-state index contributed by atoms with van der Waals surface area (Å²) < 4.78 is 5.45. The topological polar surface area (TPSA) is 26.3 Å². The quantitative estimate of drug-likeness (QED) is 0.593. The molecule has 1 atom stereocenters. The van der Waals surface area contributed by atoms with E-state index >= 15 is 0 Å². The molecule has 76 valence electrons. The predicted molar refractivity (Wildman–Crippen MR) is 54.8 cm³/mol. The molecule has 0 saturated carbocycles. The minimum atomic E-state index is -0.617. The zero-order valence-electron chi connectivity index (χ0n) is 9.14. The summed E-state index contributed by atoms with van der Waals surface area (Å²) in [7, 11) is 0. The van der Waals surface area contributed by atoms with E-state index in [2.05, 4.69) is 6.58 Å². The van der Waals surface area contributed by atoms with Crippen LogP contribution in [0.5, 0.6) is 0 Å². The van der Waals surface area contributed by atoms with Gasteiger partial charge in [0.15, 0.2) is 5.78 Å². The molecule has 0 saturated heterocycles. The van der Waals surface area contributed by atoms with Crippen molar-refractivity contribution in [2.45, 2.75) is 46.1 Å². The van der Waals surface area contributed by atoms with E-state index in [0.29, 0.717) is 19.4 Å². The number of carbonyl (C=O) groups is 1. The molecular weight excluding hydrogens is 164 g/mol. The third-order valence-electron chi connectivity index (χ3n) is 2.19. The molecule has 0 aliphatic heterocycles. The maximum Gasteiger partial charge on any atom is 0.168 e. The summed E-state index contributed by atoms with van der Waals surface area (Å²) in [4.78, 5) is 11.7. The second-order valence-electron chi connectivity index (χ2n) is 3.57. The lowest BCUT2D eigenvalue weighted by atomic mass is 9.93. The molecule has 0 bridgehead atoms. The van der Waals surface area contributed by atoms with Crippen molar-refractivity contribution >= 4 is 5.78 Å². The van der Waals surface area contributed by atoms with E-state index in [4.69, 9.17) is 4.74 Å². The van der Waals surface area contributed by atoms with Gasteiger partial charge in [-0.15, -0.1) is 0 Å². The summed E-state index contributed by atoms with van der Waals surface area (Å²) in [5.74, 6) is 0.129. The van der Waals surface area contributed by atoms with E-state index in [0.717, 1.165) is 5.57 Å². The molecule has 0 rings (SSSR count). The van der Waals surface area contributed by atoms with Crippen molar-refractivity contribution in [1.82, 2.24) is 0 Å². The Morgan fingerprint density at radius 3 is 2.31 bits per heavy atom. The van der Waals surface area contributed by atoms with Crippen LogP contribution >= 0.6 is 0 Å². The smallest absolute Gasteiger partial charge is 0.168 e. The minimum Gasteiger partial charge on any atom is -0.368 e. The SMILES string of the molecule is C=C(C)CC(=O)C(C)(CC)OCC. The molecule has 2 heteroatoms. The highest BCUT2D eigenvalue weighted by Crippen LogP contribution is 2.19. The molecule has 0 aromatic rings. The average molecular weight is 184 g/mol. The zero-order chi connectivity index (χ0) is 10.5. The molecule has 0 heterocycles. The Bertz CT molecular complexity index is 196. The average Bonchev–Trinajstić information content (AvgIpc) is 2.03. The van der Waals surface area contributed by atoms with Crippen LogP contribution in [0, 0.1) is 0 Å². The number of hydrogen-bond acceptors (Lipinski definition) is 2. The van der Waals surface area contributed by atoms with Crippen LogP contribution < -0.4 is 0 Å². The largest absolute Gasteiger partial charge is 0.368 e. The summed E-state index contributed by atoms with van der Waals surface area (Å²) in [5, 5.41) is 0. The first-order chi connectivity index (χ1) is 5.96. The Labute approximate surface area is 81.0 Å². The van der Waals surface area contributed by atoms with Gasteiger partial charge in [-0.05, 0) is 27.2 Å². The number of rotatable bonds is 6. The van der Waals surface area contributed by atoms with Gasteiger partial charge in [0.2, 0.25) is 0 Å². The van der Waals surface area contributed by atoms with Gasteiger partial charge in [-0.3, -0.25) is 4.79 Å². The van der Waals surface area contributed by atoms with Crippen LogP contribution in [0.25, 0.3) is 0 Å². The predicted octanol–water partition coefficient (Wildman–Crippen LogP) is 2.73. The standard InChI is InChI=1S/C11H20O2/c1-6-11(5,13-7-2)10(12)8-9(3)4/h3,6-8H2,1-2,4-5H3. The number of allylic oxidation sites excluding steroid dienone is 1. The highest BCUT2D eigenvalue weighted by atomic mass is 16.5. The summed E-state index contributed by atoms with van der Waals surface area (Å²) in [6, 6.07) is 0. The van der Waals surface area contributed by atoms with Crippen molar-refractivity contribution in [3.8, 4) is 0 Å². The van der Waals surface area contributed by atoms with Crippen LogP contribution in [0.1, 0.15) is 40.5 Å². The molecule has 1 unspecified atom stereocenters. The van der Waals surface area contributed by atoms with E-state index in [1.165, 1.54) is 0 Å². The molecule has 0 N–H and O–H groups in total. The Kier molecular flexibility index (Phi) is 4.92. The number of ketones is 1. The van der Waals surface area contributed by atoms with Gasteiger partial charge in [0, 0.05) is 13.0 Å². The van der Waals surface area contributed by atoms with Gasteiger partial charge in [-0.25, -0.2) is 0 Å². The third kappa shape index (κ3) is 3.73. The molecular formula is C11H20O2. The molecule has 0 aromatic carbocycles. The van der Waals surface area contributed by atoms with Crippen molar-refractivity contribution < 1.29 is 9.53 Å². The number of carbonyl (C=O) groups excluding carboxylic acids is 1. The normalized spacial score (nSPS) is 15.1. The molecule has 0 spiro atoms. The van der Waals surface area contributed by atoms with Gasteiger partial charge in [-0.2, -0.15) is 0 Å². The van der Waals surface area contributed by atoms with Crippen LogP contribution in [0.15, 0.2) is 12.2 Å². The Morgan fingerprint density at radius 1 is 1.46 bits per heavy atom. The lowest BCUT2D eigenvalue weighted by molar-refractivity contribution is -0.141. The fourth-order valence-corrected chi connectivity index (χ4v) is 1.16. The van der Waals surface area contributed by atoms with Gasteiger partial charge in [0.05, 0.1) is 0 Å². The molecule has 0 fully saturated rings. The second-order valence-corrected chi connectivity index (χ2v) is 3.57. The van der Waals surface area contributed by atoms with Crippen LogP contribution in [0.4, 0.5) is 0 Å². The Balaban J connectivity index is 4.37. The van der Waals surface area contributed by atoms with Crippen molar-refractivity contribution in [2.75, 3.05) is 6.61 Å².